The van der Waals surface area contributed by atoms with Crippen molar-refractivity contribution in [3.05, 3.63) is 42.2 Å². The van der Waals surface area contributed by atoms with Crippen LogP contribution in [0.2, 0.25) is 0 Å². The highest BCUT2D eigenvalue weighted by Crippen LogP contribution is 2.20. The number of ether oxygens (including phenoxy) is 1. The highest BCUT2D eigenvalue weighted by molar-refractivity contribution is 5.94. The molecule has 1 heterocycles. The van der Waals surface area contributed by atoms with E-state index in [0.717, 1.165) is 11.4 Å². The molecule has 0 saturated carbocycles. The molecule has 0 aliphatic rings. The molecule has 2 rings (SSSR count). The third-order valence-corrected chi connectivity index (χ3v) is 2.51. The molecule has 6 heteroatoms. The van der Waals surface area contributed by atoms with Crippen LogP contribution < -0.4 is 5.32 Å². The van der Waals surface area contributed by atoms with Crippen LogP contribution >= 0.6 is 0 Å². The Morgan fingerprint density at radius 2 is 1.95 bits per heavy atom. The molecule has 0 radical (unpaired) electrons. The average Bonchev–Trinajstić information content (AvgIpc) is 2.48. The molecule has 1 aromatic heterocycles. The number of nitrogens with one attached hydrogen (secondary N) is 1. The Labute approximate surface area is 122 Å². The van der Waals surface area contributed by atoms with Crippen LogP contribution in [0.5, 0.6) is 0 Å². The monoisotopic (exact) mass is 284 g/mol. The van der Waals surface area contributed by atoms with E-state index in [4.69, 9.17) is 4.74 Å². The minimum atomic E-state index is -0.570. The van der Waals surface area contributed by atoms with Gasteiger partial charge in [-0.15, -0.1) is 0 Å². The van der Waals surface area contributed by atoms with Crippen molar-refractivity contribution in [2.45, 2.75) is 13.8 Å². The predicted molar refractivity (Wildman–Crippen MR) is 81.5 cm³/mol. The molecular formula is C15H16N4O2. The van der Waals surface area contributed by atoms with Gasteiger partial charge in [0.05, 0.1) is 13.3 Å². The minimum Gasteiger partial charge on any atom is -0.464 e. The zero-order valence-electron chi connectivity index (χ0n) is 12.1. The molecule has 1 aromatic carbocycles. The van der Waals surface area contributed by atoms with Gasteiger partial charge >= 0.3 is 5.97 Å². The van der Waals surface area contributed by atoms with Crippen molar-refractivity contribution >= 4 is 29.0 Å². The molecule has 1 N–H and O–H groups in total. The number of rotatable bonds is 4. The molecule has 0 aliphatic carbocycles. The van der Waals surface area contributed by atoms with Crippen molar-refractivity contribution in [1.29, 1.82) is 0 Å². The van der Waals surface area contributed by atoms with E-state index in [2.05, 4.69) is 20.3 Å². The van der Waals surface area contributed by atoms with Crippen molar-refractivity contribution < 1.29 is 9.53 Å². The summed E-state index contributed by atoms with van der Waals surface area (Å²) in [6.45, 7) is 3.64. The lowest BCUT2D eigenvalue weighted by Crippen LogP contribution is -2.08. The van der Waals surface area contributed by atoms with E-state index in [0.29, 0.717) is 5.82 Å². The number of para-hydroxylation sites is 1. The Balaban J connectivity index is 2.37. The molecule has 0 amide bonds. The lowest BCUT2D eigenvalue weighted by molar-refractivity contribution is 0.0595. The number of benzene rings is 1. The predicted octanol–water partition coefficient (Wildman–Crippen LogP) is 3.12. The van der Waals surface area contributed by atoms with Crippen LogP contribution in [0.4, 0.5) is 17.3 Å². The summed E-state index contributed by atoms with van der Waals surface area (Å²) in [5.41, 5.74) is 1.71. The van der Waals surface area contributed by atoms with E-state index in [1.165, 1.54) is 13.3 Å². The van der Waals surface area contributed by atoms with Crippen LogP contribution in [0.15, 0.2) is 41.5 Å². The van der Waals surface area contributed by atoms with E-state index in [1.54, 1.807) is 0 Å². The molecule has 0 unspecified atom stereocenters. The van der Waals surface area contributed by atoms with Gasteiger partial charge < -0.3 is 10.1 Å². The van der Waals surface area contributed by atoms with Gasteiger partial charge in [-0.2, -0.15) is 0 Å². The van der Waals surface area contributed by atoms with E-state index >= 15 is 0 Å². The smallest absolute Gasteiger partial charge is 0.360 e. The Morgan fingerprint density at radius 3 is 2.57 bits per heavy atom. The topological polar surface area (TPSA) is 76.5 Å². The van der Waals surface area contributed by atoms with Crippen LogP contribution in [-0.4, -0.2) is 28.8 Å². The Kier molecular flexibility index (Phi) is 4.61. The fraction of sp³-hybridized carbons (Fsp3) is 0.200. The molecule has 0 fully saturated rings. The fourth-order valence-electron chi connectivity index (χ4n) is 1.64. The number of anilines is 2. The Bertz CT molecular complexity index is 665. The number of carbonyl (C=O) groups is 1. The van der Waals surface area contributed by atoms with Gasteiger partial charge in [0.25, 0.3) is 0 Å². The maximum Gasteiger partial charge on any atom is 0.360 e. The summed E-state index contributed by atoms with van der Waals surface area (Å²) < 4.78 is 4.73. The van der Waals surface area contributed by atoms with Gasteiger partial charge in [0.2, 0.25) is 0 Å². The first-order valence-electron chi connectivity index (χ1n) is 6.39. The van der Waals surface area contributed by atoms with Gasteiger partial charge in [0.15, 0.2) is 11.5 Å². The number of carbonyl (C=O) groups excluding carboxylic acids is 1. The minimum absolute atomic E-state index is 0.0830. The molecule has 108 valence electrons. The summed E-state index contributed by atoms with van der Waals surface area (Å²) >= 11 is 0. The quantitative estimate of drug-likeness (QED) is 0.689. The number of esters is 1. The molecule has 2 aromatic rings. The second-order valence-electron chi connectivity index (χ2n) is 4.47. The van der Waals surface area contributed by atoms with E-state index in [-0.39, 0.29) is 11.5 Å². The Morgan fingerprint density at radius 1 is 1.24 bits per heavy atom. The van der Waals surface area contributed by atoms with Gasteiger partial charge in [-0.1, -0.05) is 18.2 Å². The lowest BCUT2D eigenvalue weighted by atomic mass is 10.3. The SMILES string of the molecule is COC(=O)c1nc(Nc2ccccc2)cnc1N=C(C)C. The van der Waals surface area contributed by atoms with Crippen LogP contribution in [0.25, 0.3) is 0 Å². The van der Waals surface area contributed by atoms with Crippen molar-refractivity contribution in [2.24, 2.45) is 4.99 Å². The highest BCUT2D eigenvalue weighted by Gasteiger charge is 2.16. The molecule has 6 nitrogen and oxygen atoms in total. The number of methoxy groups -OCH3 is 1. The van der Waals surface area contributed by atoms with Crippen LogP contribution in [-0.2, 0) is 4.74 Å². The van der Waals surface area contributed by atoms with Gasteiger partial charge in [-0.3, -0.25) is 0 Å². The zero-order valence-corrected chi connectivity index (χ0v) is 12.1. The maximum atomic E-state index is 11.8. The van der Waals surface area contributed by atoms with Crippen molar-refractivity contribution in [3.63, 3.8) is 0 Å². The largest absolute Gasteiger partial charge is 0.464 e. The third kappa shape index (κ3) is 3.85. The van der Waals surface area contributed by atoms with E-state index < -0.39 is 5.97 Å². The van der Waals surface area contributed by atoms with E-state index in [1.807, 2.05) is 44.2 Å². The van der Waals surface area contributed by atoms with Crippen molar-refractivity contribution in [3.8, 4) is 0 Å². The number of hydrogen-bond donors (Lipinski definition) is 1. The first-order valence-corrected chi connectivity index (χ1v) is 6.39. The Hall–Kier alpha value is -2.76. The molecule has 0 saturated heterocycles. The zero-order chi connectivity index (χ0) is 15.2. The van der Waals surface area contributed by atoms with E-state index in [9.17, 15) is 4.79 Å². The van der Waals surface area contributed by atoms with Crippen LogP contribution in [0, 0.1) is 0 Å². The second-order valence-corrected chi connectivity index (χ2v) is 4.47. The highest BCUT2D eigenvalue weighted by atomic mass is 16.5. The van der Waals surface area contributed by atoms with Gasteiger partial charge in [-0.05, 0) is 26.0 Å². The van der Waals surface area contributed by atoms with Gasteiger partial charge in [0.1, 0.15) is 5.82 Å². The lowest BCUT2D eigenvalue weighted by Gasteiger charge is -2.08. The van der Waals surface area contributed by atoms with Crippen molar-refractivity contribution in [2.75, 3.05) is 12.4 Å². The third-order valence-electron chi connectivity index (χ3n) is 2.51. The summed E-state index contributed by atoms with van der Waals surface area (Å²) in [4.78, 5) is 24.4. The van der Waals surface area contributed by atoms with Crippen LogP contribution in [0.3, 0.4) is 0 Å². The van der Waals surface area contributed by atoms with Gasteiger partial charge in [-0.25, -0.2) is 19.8 Å². The summed E-state index contributed by atoms with van der Waals surface area (Å²) in [6.07, 6.45) is 1.53. The second kappa shape index (κ2) is 6.60. The molecule has 0 aliphatic heterocycles. The molecule has 21 heavy (non-hydrogen) atoms. The molecular weight excluding hydrogens is 268 g/mol. The number of aromatic nitrogens is 2. The molecule has 0 atom stereocenters. The number of hydrogen-bond acceptors (Lipinski definition) is 6. The average molecular weight is 284 g/mol. The number of nitrogens with zero attached hydrogens (tertiary/aromatic N) is 3. The summed E-state index contributed by atoms with van der Waals surface area (Å²) in [5, 5.41) is 3.07. The fourth-order valence-corrected chi connectivity index (χ4v) is 1.64. The maximum absolute atomic E-state index is 11.8. The standard InChI is InChI=1S/C15H16N4O2/c1-10(2)17-14-13(15(20)21-3)19-12(9-16-14)18-11-7-5-4-6-8-11/h4-9H,1-3H3,(H,18,19). The molecule has 0 bridgehead atoms. The van der Waals surface area contributed by atoms with Crippen LogP contribution in [0.1, 0.15) is 24.3 Å². The number of aliphatic imine (C=N–C) groups is 1. The normalized spacial score (nSPS) is 9.86. The first kappa shape index (κ1) is 14.6. The summed E-state index contributed by atoms with van der Waals surface area (Å²) in [5.74, 6) is 0.133. The summed E-state index contributed by atoms with van der Waals surface area (Å²) in [7, 11) is 1.30. The first-order chi connectivity index (χ1) is 10.1. The van der Waals surface area contributed by atoms with Crippen molar-refractivity contribution in [1.82, 2.24) is 9.97 Å². The summed E-state index contributed by atoms with van der Waals surface area (Å²) in [6, 6.07) is 9.49. The van der Waals surface area contributed by atoms with Gasteiger partial charge in [0, 0.05) is 11.4 Å². The molecule has 0 spiro atoms.